The van der Waals surface area contributed by atoms with E-state index in [9.17, 15) is 0 Å². The van der Waals surface area contributed by atoms with E-state index in [4.69, 9.17) is 4.74 Å². The third kappa shape index (κ3) is 3.96. The standard InChI is InChI=1S/C14H25N3O/c1-5-17(10-11-18-6-2)14-13(12(3)15-4)8-7-9-16-14/h7-9,12,15H,5-6,10-11H2,1-4H3. The Morgan fingerprint density at radius 2 is 2.22 bits per heavy atom. The highest BCUT2D eigenvalue weighted by Crippen LogP contribution is 2.23. The Kier molecular flexibility index (Phi) is 6.68. The summed E-state index contributed by atoms with van der Waals surface area (Å²) >= 11 is 0. The second-order valence-electron chi connectivity index (χ2n) is 4.20. The average molecular weight is 251 g/mol. The van der Waals surface area contributed by atoms with Crippen LogP contribution in [-0.2, 0) is 4.74 Å². The van der Waals surface area contributed by atoms with Crippen LogP contribution in [0.3, 0.4) is 0 Å². The lowest BCUT2D eigenvalue weighted by atomic mass is 10.1. The van der Waals surface area contributed by atoms with Crippen molar-refractivity contribution in [2.75, 3.05) is 38.3 Å². The van der Waals surface area contributed by atoms with E-state index >= 15 is 0 Å². The number of anilines is 1. The first-order valence-electron chi connectivity index (χ1n) is 6.69. The maximum atomic E-state index is 5.43. The Labute approximate surface area is 110 Å². The Morgan fingerprint density at radius 3 is 2.83 bits per heavy atom. The van der Waals surface area contributed by atoms with Gasteiger partial charge in [-0.25, -0.2) is 4.98 Å². The largest absolute Gasteiger partial charge is 0.380 e. The average Bonchev–Trinajstić information content (AvgIpc) is 2.43. The number of nitrogens with zero attached hydrogens (tertiary/aromatic N) is 2. The van der Waals surface area contributed by atoms with Crippen molar-refractivity contribution in [1.82, 2.24) is 10.3 Å². The first kappa shape index (κ1) is 14.9. The van der Waals surface area contributed by atoms with Crippen LogP contribution in [0.5, 0.6) is 0 Å². The quantitative estimate of drug-likeness (QED) is 0.719. The summed E-state index contributed by atoms with van der Waals surface area (Å²) in [6.45, 7) is 9.64. The molecule has 0 saturated carbocycles. The molecular weight excluding hydrogens is 226 g/mol. The van der Waals surface area contributed by atoms with E-state index in [1.165, 1.54) is 5.56 Å². The van der Waals surface area contributed by atoms with E-state index in [0.29, 0.717) is 6.04 Å². The minimum Gasteiger partial charge on any atom is -0.380 e. The number of hydrogen-bond donors (Lipinski definition) is 1. The minimum absolute atomic E-state index is 0.301. The SMILES string of the molecule is CCOCCN(CC)c1ncccc1C(C)NC. The van der Waals surface area contributed by atoms with Crippen LogP contribution in [0.2, 0.25) is 0 Å². The fraction of sp³-hybridized carbons (Fsp3) is 0.643. The maximum absolute atomic E-state index is 5.43. The third-order valence-electron chi connectivity index (χ3n) is 3.11. The first-order chi connectivity index (χ1) is 8.74. The van der Waals surface area contributed by atoms with Crippen molar-refractivity contribution < 1.29 is 4.74 Å². The Morgan fingerprint density at radius 1 is 1.44 bits per heavy atom. The number of hydrogen-bond acceptors (Lipinski definition) is 4. The molecule has 1 aromatic rings. The molecule has 0 aliphatic heterocycles. The summed E-state index contributed by atoms with van der Waals surface area (Å²) in [5.41, 5.74) is 1.23. The highest BCUT2D eigenvalue weighted by atomic mass is 16.5. The summed E-state index contributed by atoms with van der Waals surface area (Å²) in [5, 5.41) is 3.27. The van der Waals surface area contributed by atoms with Gasteiger partial charge in [0.2, 0.25) is 0 Å². The van der Waals surface area contributed by atoms with Gasteiger partial charge in [0.05, 0.1) is 6.61 Å². The molecule has 0 spiro atoms. The van der Waals surface area contributed by atoms with E-state index in [1.54, 1.807) is 0 Å². The lowest BCUT2D eigenvalue weighted by molar-refractivity contribution is 0.154. The molecule has 0 saturated heterocycles. The summed E-state index contributed by atoms with van der Waals surface area (Å²) in [6.07, 6.45) is 1.85. The highest BCUT2D eigenvalue weighted by molar-refractivity contribution is 5.48. The normalized spacial score (nSPS) is 12.4. The first-order valence-corrected chi connectivity index (χ1v) is 6.69. The van der Waals surface area contributed by atoms with Gasteiger partial charge in [0.25, 0.3) is 0 Å². The number of ether oxygens (including phenoxy) is 1. The van der Waals surface area contributed by atoms with Crippen LogP contribution in [0.15, 0.2) is 18.3 Å². The van der Waals surface area contributed by atoms with E-state index in [-0.39, 0.29) is 0 Å². The van der Waals surface area contributed by atoms with Gasteiger partial charge in [-0.05, 0) is 33.9 Å². The zero-order valence-corrected chi connectivity index (χ0v) is 11.9. The van der Waals surface area contributed by atoms with Crippen molar-refractivity contribution >= 4 is 5.82 Å². The fourth-order valence-corrected chi connectivity index (χ4v) is 1.90. The van der Waals surface area contributed by atoms with Gasteiger partial charge < -0.3 is 15.0 Å². The van der Waals surface area contributed by atoms with Gasteiger partial charge in [0.1, 0.15) is 5.82 Å². The maximum Gasteiger partial charge on any atom is 0.133 e. The van der Waals surface area contributed by atoms with Gasteiger partial charge in [0, 0.05) is 37.5 Å². The summed E-state index contributed by atoms with van der Waals surface area (Å²) in [5.74, 6) is 1.06. The van der Waals surface area contributed by atoms with Crippen LogP contribution < -0.4 is 10.2 Å². The minimum atomic E-state index is 0.301. The lowest BCUT2D eigenvalue weighted by Crippen LogP contribution is -2.30. The molecule has 0 aromatic carbocycles. The summed E-state index contributed by atoms with van der Waals surface area (Å²) in [7, 11) is 1.97. The zero-order valence-electron chi connectivity index (χ0n) is 11.9. The molecule has 1 N–H and O–H groups in total. The van der Waals surface area contributed by atoms with Crippen LogP contribution >= 0.6 is 0 Å². The zero-order chi connectivity index (χ0) is 13.4. The van der Waals surface area contributed by atoms with Crippen LogP contribution in [0.1, 0.15) is 32.4 Å². The van der Waals surface area contributed by atoms with Crippen molar-refractivity contribution in [3.8, 4) is 0 Å². The molecule has 0 radical (unpaired) electrons. The van der Waals surface area contributed by atoms with Crippen molar-refractivity contribution in [2.45, 2.75) is 26.8 Å². The summed E-state index contributed by atoms with van der Waals surface area (Å²) in [4.78, 5) is 6.79. The van der Waals surface area contributed by atoms with E-state index < -0.39 is 0 Å². The van der Waals surface area contributed by atoms with Gasteiger partial charge in [0.15, 0.2) is 0 Å². The summed E-state index contributed by atoms with van der Waals surface area (Å²) in [6, 6.07) is 4.42. The number of nitrogens with one attached hydrogen (secondary N) is 1. The monoisotopic (exact) mass is 251 g/mol. The molecule has 0 aliphatic rings. The molecule has 0 fully saturated rings. The number of pyridine rings is 1. The van der Waals surface area contributed by atoms with Gasteiger partial charge >= 0.3 is 0 Å². The van der Waals surface area contributed by atoms with Crippen molar-refractivity contribution in [3.63, 3.8) is 0 Å². The van der Waals surface area contributed by atoms with E-state index in [1.807, 2.05) is 26.2 Å². The Balaban J connectivity index is 2.83. The molecule has 1 aromatic heterocycles. The molecule has 0 bridgehead atoms. The molecule has 0 amide bonds. The predicted octanol–water partition coefficient (Wildman–Crippen LogP) is 2.22. The highest BCUT2D eigenvalue weighted by Gasteiger charge is 2.14. The molecule has 1 unspecified atom stereocenters. The van der Waals surface area contributed by atoms with Crippen LogP contribution in [-0.4, -0.2) is 38.3 Å². The van der Waals surface area contributed by atoms with Gasteiger partial charge in [-0.1, -0.05) is 6.07 Å². The molecule has 18 heavy (non-hydrogen) atoms. The lowest BCUT2D eigenvalue weighted by Gasteiger charge is -2.26. The van der Waals surface area contributed by atoms with Crippen molar-refractivity contribution in [3.05, 3.63) is 23.9 Å². The number of aromatic nitrogens is 1. The van der Waals surface area contributed by atoms with Gasteiger partial charge in [-0.3, -0.25) is 0 Å². The van der Waals surface area contributed by atoms with Crippen LogP contribution in [0.25, 0.3) is 0 Å². The van der Waals surface area contributed by atoms with Crippen molar-refractivity contribution in [1.29, 1.82) is 0 Å². The molecule has 4 heteroatoms. The second kappa shape index (κ2) is 8.06. The van der Waals surface area contributed by atoms with Crippen molar-refractivity contribution in [2.24, 2.45) is 0 Å². The topological polar surface area (TPSA) is 37.4 Å². The molecule has 0 aliphatic carbocycles. The molecule has 4 nitrogen and oxygen atoms in total. The molecule has 1 heterocycles. The van der Waals surface area contributed by atoms with Gasteiger partial charge in [-0.2, -0.15) is 0 Å². The molecule has 102 valence electrons. The Bertz CT molecular complexity index is 344. The molecule has 1 atom stereocenters. The van der Waals surface area contributed by atoms with E-state index in [0.717, 1.165) is 32.1 Å². The molecule has 1 rings (SSSR count). The smallest absolute Gasteiger partial charge is 0.133 e. The predicted molar refractivity (Wildman–Crippen MR) is 76.1 cm³/mol. The van der Waals surface area contributed by atoms with Gasteiger partial charge in [-0.15, -0.1) is 0 Å². The number of rotatable bonds is 8. The second-order valence-corrected chi connectivity index (χ2v) is 4.20. The third-order valence-corrected chi connectivity index (χ3v) is 3.11. The fourth-order valence-electron chi connectivity index (χ4n) is 1.90. The van der Waals surface area contributed by atoms with Crippen LogP contribution in [0, 0.1) is 0 Å². The summed E-state index contributed by atoms with van der Waals surface area (Å²) < 4.78 is 5.43. The van der Waals surface area contributed by atoms with E-state index in [2.05, 4.69) is 35.1 Å². The Hall–Kier alpha value is -1.13. The van der Waals surface area contributed by atoms with Crippen LogP contribution in [0.4, 0.5) is 5.82 Å². The molecular formula is C14H25N3O. The number of likely N-dealkylation sites (N-methyl/N-ethyl adjacent to an activating group) is 1.